The maximum Gasteiger partial charge on any atom is 0.255 e. The van der Waals surface area contributed by atoms with Gasteiger partial charge < -0.3 is 15.1 Å². The number of aromatic nitrogens is 1. The molecular weight excluding hydrogens is 280 g/mol. The van der Waals surface area contributed by atoms with Crippen molar-refractivity contribution in [3.63, 3.8) is 0 Å². The maximum atomic E-state index is 12.5. The Morgan fingerprint density at radius 1 is 1.65 bits per heavy atom. The Bertz CT molecular complexity index is 456. The summed E-state index contributed by atoms with van der Waals surface area (Å²) in [6.45, 7) is 5.04. The van der Waals surface area contributed by atoms with Crippen LogP contribution in [0.15, 0.2) is 12.3 Å². The standard InChI is InChI=1S/C13H21ClN4O2/c1-4-9(2)18(5-6-20-3)13(19)10-7-11(14)12(17-15)16-8-10/h7-9H,4-6,15H2,1-3H3,(H,16,17). The van der Waals surface area contributed by atoms with E-state index in [1.54, 1.807) is 18.1 Å². The smallest absolute Gasteiger partial charge is 0.255 e. The van der Waals surface area contributed by atoms with E-state index in [4.69, 9.17) is 22.2 Å². The van der Waals surface area contributed by atoms with Crippen LogP contribution in [0, 0.1) is 0 Å². The van der Waals surface area contributed by atoms with Gasteiger partial charge in [0.1, 0.15) is 0 Å². The zero-order valence-electron chi connectivity index (χ0n) is 12.0. The molecule has 1 atom stereocenters. The number of nitrogens with two attached hydrogens (primary N) is 1. The van der Waals surface area contributed by atoms with Crippen molar-refractivity contribution in [3.8, 4) is 0 Å². The molecule has 1 amide bonds. The third-order valence-electron chi connectivity index (χ3n) is 3.14. The fourth-order valence-corrected chi connectivity index (χ4v) is 1.98. The quantitative estimate of drug-likeness (QED) is 0.594. The highest BCUT2D eigenvalue weighted by Gasteiger charge is 2.21. The number of pyridine rings is 1. The number of nitrogens with zero attached hydrogens (tertiary/aromatic N) is 2. The van der Waals surface area contributed by atoms with Gasteiger partial charge >= 0.3 is 0 Å². The summed E-state index contributed by atoms with van der Waals surface area (Å²) in [7, 11) is 1.61. The number of hydrogen-bond acceptors (Lipinski definition) is 5. The van der Waals surface area contributed by atoms with Crippen molar-refractivity contribution < 1.29 is 9.53 Å². The van der Waals surface area contributed by atoms with Crippen LogP contribution in [-0.4, -0.2) is 42.1 Å². The van der Waals surface area contributed by atoms with Gasteiger partial charge in [-0.25, -0.2) is 10.8 Å². The van der Waals surface area contributed by atoms with Crippen molar-refractivity contribution >= 4 is 23.3 Å². The molecular formula is C13H21ClN4O2. The fraction of sp³-hybridized carbons (Fsp3) is 0.538. The van der Waals surface area contributed by atoms with E-state index in [0.717, 1.165) is 6.42 Å². The fourth-order valence-electron chi connectivity index (χ4n) is 1.76. The Morgan fingerprint density at radius 2 is 2.35 bits per heavy atom. The lowest BCUT2D eigenvalue weighted by atomic mass is 10.1. The van der Waals surface area contributed by atoms with Crippen molar-refractivity contribution in [2.75, 3.05) is 25.7 Å². The third-order valence-corrected chi connectivity index (χ3v) is 3.43. The van der Waals surface area contributed by atoms with Crippen LogP contribution in [-0.2, 0) is 4.74 Å². The van der Waals surface area contributed by atoms with Gasteiger partial charge in [0, 0.05) is 25.9 Å². The van der Waals surface area contributed by atoms with Crippen LogP contribution < -0.4 is 11.3 Å². The molecule has 0 saturated carbocycles. The normalized spacial score (nSPS) is 12.1. The highest BCUT2D eigenvalue weighted by Crippen LogP contribution is 2.20. The number of amides is 1. The van der Waals surface area contributed by atoms with Gasteiger partial charge in [-0.05, 0) is 19.4 Å². The Hall–Kier alpha value is -1.37. The molecule has 1 aromatic rings. The molecule has 0 spiro atoms. The zero-order chi connectivity index (χ0) is 15.1. The molecule has 7 heteroatoms. The summed E-state index contributed by atoms with van der Waals surface area (Å²) in [6, 6.07) is 1.68. The van der Waals surface area contributed by atoms with Crippen LogP contribution in [0.4, 0.5) is 5.82 Å². The molecule has 3 N–H and O–H groups in total. The molecule has 0 aliphatic carbocycles. The molecule has 1 aromatic heterocycles. The first kappa shape index (κ1) is 16.7. The summed E-state index contributed by atoms with van der Waals surface area (Å²) in [5, 5.41) is 0.314. The molecule has 0 aliphatic heterocycles. The number of hydrogen-bond donors (Lipinski definition) is 2. The summed E-state index contributed by atoms with van der Waals surface area (Å²) in [6.07, 6.45) is 2.32. The topological polar surface area (TPSA) is 80.5 Å². The van der Waals surface area contributed by atoms with Crippen LogP contribution in [0.5, 0.6) is 0 Å². The van der Waals surface area contributed by atoms with E-state index < -0.39 is 0 Å². The van der Waals surface area contributed by atoms with E-state index in [-0.39, 0.29) is 11.9 Å². The monoisotopic (exact) mass is 300 g/mol. The van der Waals surface area contributed by atoms with Gasteiger partial charge in [-0.15, -0.1) is 0 Å². The van der Waals surface area contributed by atoms with Crippen LogP contribution in [0.1, 0.15) is 30.6 Å². The number of carbonyl (C=O) groups excluding carboxylic acids is 1. The van der Waals surface area contributed by atoms with Crippen molar-refractivity contribution in [2.45, 2.75) is 26.3 Å². The molecule has 0 fully saturated rings. The average Bonchev–Trinajstić information content (AvgIpc) is 2.46. The number of nitrogen functional groups attached to an aromatic ring is 1. The van der Waals surface area contributed by atoms with Gasteiger partial charge in [0.05, 0.1) is 17.2 Å². The van der Waals surface area contributed by atoms with E-state index in [0.29, 0.717) is 29.6 Å². The van der Waals surface area contributed by atoms with Crippen molar-refractivity contribution in [1.82, 2.24) is 9.88 Å². The van der Waals surface area contributed by atoms with Gasteiger partial charge in [-0.2, -0.15) is 0 Å². The van der Waals surface area contributed by atoms with Gasteiger partial charge in [-0.3, -0.25) is 4.79 Å². The van der Waals surface area contributed by atoms with E-state index >= 15 is 0 Å². The molecule has 6 nitrogen and oxygen atoms in total. The molecule has 0 saturated heterocycles. The van der Waals surface area contributed by atoms with Gasteiger partial charge in [0.2, 0.25) is 0 Å². The molecule has 1 heterocycles. The number of halogens is 1. The van der Waals surface area contributed by atoms with Crippen LogP contribution in [0.3, 0.4) is 0 Å². The first-order valence-corrected chi connectivity index (χ1v) is 6.85. The molecule has 0 aromatic carbocycles. The number of nitrogens with one attached hydrogen (secondary N) is 1. The van der Waals surface area contributed by atoms with Gasteiger partial charge in [-0.1, -0.05) is 18.5 Å². The molecule has 0 bridgehead atoms. The minimum atomic E-state index is -0.116. The van der Waals surface area contributed by atoms with E-state index in [1.807, 2.05) is 13.8 Å². The predicted molar refractivity (Wildman–Crippen MR) is 79.7 cm³/mol. The predicted octanol–water partition coefficient (Wildman–Crippen LogP) is 1.91. The number of carbonyl (C=O) groups is 1. The minimum absolute atomic E-state index is 0.115. The summed E-state index contributed by atoms with van der Waals surface area (Å²) < 4.78 is 5.05. The Balaban J connectivity index is 2.96. The van der Waals surface area contributed by atoms with Gasteiger partial charge in [0.25, 0.3) is 5.91 Å². The summed E-state index contributed by atoms with van der Waals surface area (Å²) in [5.41, 5.74) is 2.81. The van der Waals surface area contributed by atoms with Crippen LogP contribution in [0.25, 0.3) is 0 Å². The Labute approximate surface area is 124 Å². The molecule has 0 radical (unpaired) electrons. The third kappa shape index (κ3) is 4.06. The molecule has 112 valence electrons. The second-order valence-electron chi connectivity index (χ2n) is 4.45. The van der Waals surface area contributed by atoms with Crippen LogP contribution >= 0.6 is 11.6 Å². The summed E-state index contributed by atoms with van der Waals surface area (Å²) in [4.78, 5) is 18.3. The summed E-state index contributed by atoms with van der Waals surface area (Å²) >= 11 is 6.00. The van der Waals surface area contributed by atoms with Crippen molar-refractivity contribution in [3.05, 3.63) is 22.8 Å². The largest absolute Gasteiger partial charge is 0.383 e. The van der Waals surface area contributed by atoms with Crippen molar-refractivity contribution in [1.29, 1.82) is 0 Å². The van der Waals surface area contributed by atoms with Gasteiger partial charge in [0.15, 0.2) is 5.82 Å². The number of methoxy groups -OCH3 is 1. The van der Waals surface area contributed by atoms with Crippen molar-refractivity contribution in [2.24, 2.45) is 5.84 Å². The molecule has 0 aliphatic rings. The zero-order valence-corrected chi connectivity index (χ0v) is 12.8. The molecule has 1 rings (SSSR count). The maximum absolute atomic E-state index is 12.5. The first-order valence-electron chi connectivity index (χ1n) is 6.47. The Kier molecular flexibility index (Phi) is 6.70. The van der Waals surface area contributed by atoms with E-state index in [9.17, 15) is 4.79 Å². The summed E-state index contributed by atoms with van der Waals surface area (Å²) in [5.74, 6) is 5.49. The lowest BCUT2D eigenvalue weighted by Crippen LogP contribution is -2.40. The number of ether oxygens (including phenoxy) is 1. The highest BCUT2D eigenvalue weighted by molar-refractivity contribution is 6.33. The minimum Gasteiger partial charge on any atom is -0.383 e. The molecule has 1 unspecified atom stereocenters. The first-order chi connectivity index (χ1) is 9.54. The highest BCUT2D eigenvalue weighted by atomic mass is 35.5. The second-order valence-corrected chi connectivity index (χ2v) is 4.85. The van der Waals surface area contributed by atoms with E-state index in [2.05, 4.69) is 10.4 Å². The lowest BCUT2D eigenvalue weighted by Gasteiger charge is -2.28. The number of rotatable bonds is 7. The number of anilines is 1. The lowest BCUT2D eigenvalue weighted by molar-refractivity contribution is 0.0613. The second kappa shape index (κ2) is 8.04. The van der Waals surface area contributed by atoms with Crippen LogP contribution in [0.2, 0.25) is 5.02 Å². The average molecular weight is 301 g/mol. The number of hydrazine groups is 1. The molecule has 20 heavy (non-hydrogen) atoms. The Morgan fingerprint density at radius 3 is 2.85 bits per heavy atom. The van der Waals surface area contributed by atoms with E-state index in [1.165, 1.54) is 6.20 Å². The SMILES string of the molecule is CCC(C)N(CCOC)C(=O)c1cnc(NN)c(Cl)c1.